The molecule has 0 aromatic heterocycles. The van der Waals surface area contributed by atoms with E-state index >= 15 is 0 Å². The number of hydrogen-bond acceptors (Lipinski definition) is 1. The van der Waals surface area contributed by atoms with E-state index in [0.717, 1.165) is 22.8 Å². The van der Waals surface area contributed by atoms with Crippen LogP contribution in [0, 0.1) is 0 Å². The van der Waals surface area contributed by atoms with Crippen LogP contribution in [0.15, 0.2) is 48.5 Å². The number of benzene rings is 2. The summed E-state index contributed by atoms with van der Waals surface area (Å²) in [6, 6.07) is 16.3. The molecule has 0 amide bonds. The van der Waals surface area contributed by atoms with Crippen LogP contribution in [0.3, 0.4) is 0 Å². The fourth-order valence-electron chi connectivity index (χ4n) is 1.85. The topological polar surface area (TPSA) is 12.0 Å². The molecule has 0 heterocycles. The smallest absolute Gasteiger partial charge is 0.0640 e. The third kappa shape index (κ3) is 3.51. The van der Waals surface area contributed by atoms with E-state index in [9.17, 15) is 0 Å². The highest BCUT2D eigenvalue weighted by molar-refractivity contribution is 6.33. The Morgan fingerprint density at radius 1 is 1.00 bits per heavy atom. The Bertz CT molecular complexity index is 491. The predicted molar refractivity (Wildman–Crippen MR) is 79.8 cm³/mol. The zero-order chi connectivity index (χ0) is 12.8. The van der Waals surface area contributed by atoms with Crippen molar-refractivity contribution in [2.24, 2.45) is 0 Å². The fraction of sp³-hybridized carbons (Fsp3) is 0.250. The van der Waals surface area contributed by atoms with Gasteiger partial charge in [0.1, 0.15) is 0 Å². The minimum absolute atomic E-state index is 0.743. The van der Waals surface area contributed by atoms with Gasteiger partial charge in [0, 0.05) is 5.69 Å². The number of para-hydroxylation sites is 1. The third-order valence-corrected chi connectivity index (χ3v) is 3.26. The van der Waals surface area contributed by atoms with Gasteiger partial charge < -0.3 is 5.32 Å². The number of rotatable bonds is 5. The Balaban J connectivity index is 2.04. The molecule has 1 N–H and O–H groups in total. The Morgan fingerprint density at radius 3 is 2.39 bits per heavy atom. The van der Waals surface area contributed by atoms with Crippen molar-refractivity contribution in [1.82, 2.24) is 0 Å². The van der Waals surface area contributed by atoms with Gasteiger partial charge in [-0.1, -0.05) is 49.2 Å². The second-order valence-corrected chi connectivity index (χ2v) is 4.81. The first-order valence-electron chi connectivity index (χ1n) is 6.40. The van der Waals surface area contributed by atoms with Crippen molar-refractivity contribution in [3.8, 4) is 0 Å². The average Bonchev–Trinajstić information content (AvgIpc) is 2.41. The van der Waals surface area contributed by atoms with E-state index in [1.807, 2.05) is 24.3 Å². The van der Waals surface area contributed by atoms with Crippen molar-refractivity contribution in [3.05, 3.63) is 59.1 Å². The first-order valence-corrected chi connectivity index (χ1v) is 6.78. The van der Waals surface area contributed by atoms with Crippen molar-refractivity contribution in [2.45, 2.75) is 26.2 Å². The van der Waals surface area contributed by atoms with Crippen LogP contribution >= 0.6 is 11.6 Å². The fourth-order valence-corrected chi connectivity index (χ4v) is 2.04. The number of aryl methyl sites for hydroxylation is 1. The molecule has 2 rings (SSSR count). The monoisotopic (exact) mass is 259 g/mol. The number of unbranched alkanes of at least 4 members (excludes halogenated alkanes) is 1. The van der Waals surface area contributed by atoms with Crippen LogP contribution in [0.25, 0.3) is 0 Å². The zero-order valence-electron chi connectivity index (χ0n) is 10.6. The van der Waals surface area contributed by atoms with Gasteiger partial charge in [-0.2, -0.15) is 0 Å². The number of anilines is 2. The molecule has 0 saturated heterocycles. The molecule has 0 fully saturated rings. The van der Waals surface area contributed by atoms with E-state index in [0.29, 0.717) is 0 Å². The lowest BCUT2D eigenvalue weighted by molar-refractivity contribution is 0.795. The van der Waals surface area contributed by atoms with Crippen LogP contribution in [0.1, 0.15) is 25.3 Å². The summed E-state index contributed by atoms with van der Waals surface area (Å²) >= 11 is 6.11. The summed E-state index contributed by atoms with van der Waals surface area (Å²) in [5.74, 6) is 0. The van der Waals surface area contributed by atoms with Gasteiger partial charge in [-0.3, -0.25) is 0 Å². The lowest BCUT2D eigenvalue weighted by Crippen LogP contribution is -1.91. The summed E-state index contributed by atoms with van der Waals surface area (Å²) in [6.45, 7) is 2.22. The Labute approximate surface area is 114 Å². The summed E-state index contributed by atoms with van der Waals surface area (Å²) in [4.78, 5) is 0. The Morgan fingerprint density at radius 2 is 1.72 bits per heavy atom. The number of hydrogen-bond donors (Lipinski definition) is 1. The lowest BCUT2D eigenvalue weighted by atomic mass is 10.1. The van der Waals surface area contributed by atoms with Crippen molar-refractivity contribution in [2.75, 3.05) is 5.32 Å². The molecule has 94 valence electrons. The van der Waals surface area contributed by atoms with Gasteiger partial charge in [-0.05, 0) is 42.7 Å². The van der Waals surface area contributed by atoms with Gasteiger partial charge in [0.2, 0.25) is 0 Å². The molecule has 2 aromatic rings. The maximum atomic E-state index is 6.11. The van der Waals surface area contributed by atoms with Crippen molar-refractivity contribution < 1.29 is 0 Å². The van der Waals surface area contributed by atoms with Gasteiger partial charge in [0.25, 0.3) is 0 Å². The van der Waals surface area contributed by atoms with Crippen LogP contribution in [-0.4, -0.2) is 0 Å². The second-order valence-electron chi connectivity index (χ2n) is 4.41. The second kappa shape index (κ2) is 6.46. The SMILES string of the molecule is CCCCc1ccc(Nc2ccccc2Cl)cc1. The largest absolute Gasteiger partial charge is 0.354 e. The molecule has 0 spiro atoms. The number of halogens is 1. The zero-order valence-corrected chi connectivity index (χ0v) is 11.4. The molecular weight excluding hydrogens is 242 g/mol. The van der Waals surface area contributed by atoms with Crippen molar-refractivity contribution >= 4 is 23.0 Å². The van der Waals surface area contributed by atoms with Gasteiger partial charge in [0.15, 0.2) is 0 Å². The highest BCUT2D eigenvalue weighted by atomic mass is 35.5. The minimum Gasteiger partial charge on any atom is -0.354 e. The van der Waals surface area contributed by atoms with Gasteiger partial charge >= 0.3 is 0 Å². The summed E-state index contributed by atoms with van der Waals surface area (Å²) < 4.78 is 0. The molecule has 1 nitrogen and oxygen atoms in total. The summed E-state index contributed by atoms with van der Waals surface area (Å²) in [7, 11) is 0. The molecule has 0 aliphatic heterocycles. The molecule has 0 atom stereocenters. The van der Waals surface area contributed by atoms with E-state index in [2.05, 4.69) is 36.5 Å². The summed E-state index contributed by atoms with van der Waals surface area (Å²) in [5, 5.41) is 4.07. The first-order chi connectivity index (χ1) is 8.79. The van der Waals surface area contributed by atoms with E-state index in [-0.39, 0.29) is 0 Å². The molecule has 0 aliphatic rings. The van der Waals surface area contributed by atoms with Crippen LogP contribution in [0.5, 0.6) is 0 Å². The molecule has 2 aromatic carbocycles. The van der Waals surface area contributed by atoms with Crippen molar-refractivity contribution in [1.29, 1.82) is 0 Å². The summed E-state index contributed by atoms with van der Waals surface area (Å²) in [5.41, 5.74) is 3.41. The summed E-state index contributed by atoms with van der Waals surface area (Å²) in [6.07, 6.45) is 3.64. The first kappa shape index (κ1) is 13.0. The minimum atomic E-state index is 0.743. The number of nitrogens with one attached hydrogen (secondary N) is 1. The molecule has 0 bridgehead atoms. The maximum Gasteiger partial charge on any atom is 0.0640 e. The van der Waals surface area contributed by atoms with Crippen LogP contribution < -0.4 is 5.32 Å². The quantitative estimate of drug-likeness (QED) is 0.755. The highest BCUT2D eigenvalue weighted by Gasteiger charge is 1.99. The van der Waals surface area contributed by atoms with Gasteiger partial charge in [-0.25, -0.2) is 0 Å². The molecule has 18 heavy (non-hydrogen) atoms. The van der Waals surface area contributed by atoms with Gasteiger partial charge in [-0.15, -0.1) is 0 Å². The third-order valence-electron chi connectivity index (χ3n) is 2.93. The molecule has 0 unspecified atom stereocenters. The van der Waals surface area contributed by atoms with E-state index in [1.165, 1.54) is 18.4 Å². The van der Waals surface area contributed by atoms with E-state index in [4.69, 9.17) is 11.6 Å². The lowest BCUT2D eigenvalue weighted by Gasteiger charge is -2.09. The molecule has 0 aliphatic carbocycles. The maximum absolute atomic E-state index is 6.11. The van der Waals surface area contributed by atoms with Crippen LogP contribution in [0.4, 0.5) is 11.4 Å². The standard InChI is InChI=1S/C16H18ClN/c1-2-3-6-13-9-11-14(12-10-13)18-16-8-5-4-7-15(16)17/h4-5,7-12,18H,2-3,6H2,1H3. The van der Waals surface area contributed by atoms with Crippen LogP contribution in [-0.2, 0) is 6.42 Å². The Kier molecular flexibility index (Phi) is 4.66. The normalized spacial score (nSPS) is 10.3. The van der Waals surface area contributed by atoms with Gasteiger partial charge in [0.05, 0.1) is 10.7 Å². The van der Waals surface area contributed by atoms with Crippen LogP contribution in [0.2, 0.25) is 5.02 Å². The van der Waals surface area contributed by atoms with Crippen molar-refractivity contribution in [3.63, 3.8) is 0 Å². The highest BCUT2D eigenvalue weighted by Crippen LogP contribution is 2.25. The molecule has 0 saturated carbocycles. The molecule has 2 heteroatoms. The van der Waals surface area contributed by atoms with E-state index < -0.39 is 0 Å². The average molecular weight is 260 g/mol. The Hall–Kier alpha value is -1.47. The van der Waals surface area contributed by atoms with E-state index in [1.54, 1.807) is 0 Å². The molecular formula is C16H18ClN. The predicted octanol–water partition coefficient (Wildman–Crippen LogP) is 5.43. The molecule has 0 radical (unpaired) electrons.